The maximum atomic E-state index is 6.31. The van der Waals surface area contributed by atoms with Gasteiger partial charge in [0.15, 0.2) is 5.96 Å². The summed E-state index contributed by atoms with van der Waals surface area (Å²) >= 11 is 6.31. The molecule has 1 fully saturated rings. The molecular weight excluding hydrogens is 491 g/mol. The second kappa shape index (κ2) is 14.3. The molecule has 28 heavy (non-hydrogen) atoms. The van der Waals surface area contributed by atoms with Gasteiger partial charge in [-0.15, -0.1) is 24.0 Å². The van der Waals surface area contributed by atoms with Gasteiger partial charge in [-0.2, -0.15) is 0 Å². The van der Waals surface area contributed by atoms with Crippen LogP contribution in [-0.4, -0.2) is 71.0 Å². The SMILES string of the molecule is CN=C(NCCc1ccc(OC)cc1Cl)NC1CCN(CCCOC)CC1.I. The molecule has 1 aromatic carbocycles. The number of guanidine groups is 1. The van der Waals surface area contributed by atoms with E-state index in [0.29, 0.717) is 6.04 Å². The van der Waals surface area contributed by atoms with Gasteiger partial charge >= 0.3 is 0 Å². The minimum absolute atomic E-state index is 0. The lowest BCUT2D eigenvalue weighted by Crippen LogP contribution is -2.49. The molecule has 0 saturated carbocycles. The molecule has 6 nitrogen and oxygen atoms in total. The van der Waals surface area contributed by atoms with Crippen molar-refractivity contribution in [2.24, 2.45) is 4.99 Å². The number of nitrogens with zero attached hydrogens (tertiary/aromatic N) is 2. The van der Waals surface area contributed by atoms with Gasteiger partial charge < -0.3 is 25.0 Å². The van der Waals surface area contributed by atoms with Gasteiger partial charge in [-0.1, -0.05) is 17.7 Å². The molecule has 160 valence electrons. The smallest absolute Gasteiger partial charge is 0.191 e. The molecule has 2 N–H and O–H groups in total. The van der Waals surface area contributed by atoms with Crippen LogP contribution in [0.5, 0.6) is 5.75 Å². The Hall–Kier alpha value is -0.770. The van der Waals surface area contributed by atoms with E-state index in [-0.39, 0.29) is 24.0 Å². The number of aliphatic imine (C=N–C) groups is 1. The van der Waals surface area contributed by atoms with Crippen molar-refractivity contribution in [1.82, 2.24) is 15.5 Å². The number of ether oxygens (including phenoxy) is 2. The number of rotatable bonds is 9. The number of halogens is 2. The molecule has 1 aliphatic rings. The second-order valence-electron chi connectivity index (χ2n) is 6.81. The third kappa shape index (κ3) is 8.71. The quantitative estimate of drug-likeness (QED) is 0.225. The normalized spacial score (nSPS) is 15.8. The lowest BCUT2D eigenvalue weighted by molar-refractivity contribution is 0.155. The highest BCUT2D eigenvalue weighted by molar-refractivity contribution is 14.0. The molecule has 8 heteroatoms. The average molecular weight is 525 g/mol. The lowest BCUT2D eigenvalue weighted by atomic mass is 10.1. The summed E-state index contributed by atoms with van der Waals surface area (Å²) in [4.78, 5) is 6.87. The van der Waals surface area contributed by atoms with E-state index in [1.807, 2.05) is 25.2 Å². The summed E-state index contributed by atoms with van der Waals surface area (Å²) in [5, 5.41) is 7.68. The fourth-order valence-electron chi connectivity index (χ4n) is 3.29. The van der Waals surface area contributed by atoms with Crippen LogP contribution in [0.2, 0.25) is 5.02 Å². The van der Waals surface area contributed by atoms with Gasteiger partial charge in [-0.05, 0) is 43.4 Å². The van der Waals surface area contributed by atoms with Gasteiger partial charge in [-0.3, -0.25) is 4.99 Å². The average Bonchev–Trinajstić information content (AvgIpc) is 2.69. The summed E-state index contributed by atoms with van der Waals surface area (Å²) < 4.78 is 10.3. The van der Waals surface area contributed by atoms with Gasteiger partial charge in [0, 0.05) is 58.0 Å². The Bertz CT molecular complexity index is 596. The first-order chi connectivity index (χ1) is 13.2. The van der Waals surface area contributed by atoms with Crippen molar-refractivity contribution in [3.05, 3.63) is 28.8 Å². The lowest BCUT2D eigenvalue weighted by Gasteiger charge is -2.33. The first-order valence-electron chi connectivity index (χ1n) is 9.67. The third-order valence-electron chi connectivity index (χ3n) is 4.92. The minimum atomic E-state index is 0. The van der Waals surface area contributed by atoms with Crippen LogP contribution in [0.3, 0.4) is 0 Å². The van der Waals surface area contributed by atoms with Crippen molar-refractivity contribution >= 4 is 41.5 Å². The molecule has 0 bridgehead atoms. The Morgan fingerprint density at radius 2 is 2.04 bits per heavy atom. The van der Waals surface area contributed by atoms with E-state index in [9.17, 15) is 0 Å². The highest BCUT2D eigenvalue weighted by Crippen LogP contribution is 2.22. The Kier molecular flexibility index (Phi) is 12.9. The van der Waals surface area contributed by atoms with Crippen molar-refractivity contribution in [1.29, 1.82) is 0 Å². The van der Waals surface area contributed by atoms with E-state index in [4.69, 9.17) is 21.1 Å². The second-order valence-corrected chi connectivity index (χ2v) is 7.22. The van der Waals surface area contributed by atoms with Crippen LogP contribution >= 0.6 is 35.6 Å². The van der Waals surface area contributed by atoms with E-state index in [0.717, 1.165) is 80.8 Å². The molecular formula is C20H34ClIN4O2. The number of nitrogens with one attached hydrogen (secondary N) is 2. The highest BCUT2D eigenvalue weighted by Gasteiger charge is 2.19. The first-order valence-corrected chi connectivity index (χ1v) is 10.0. The van der Waals surface area contributed by atoms with Gasteiger partial charge in [0.1, 0.15) is 5.75 Å². The predicted octanol–water partition coefficient (Wildman–Crippen LogP) is 3.18. The number of methoxy groups -OCH3 is 2. The maximum absolute atomic E-state index is 6.31. The zero-order chi connectivity index (χ0) is 19.5. The summed E-state index contributed by atoms with van der Waals surface area (Å²) in [5.41, 5.74) is 1.10. The molecule has 0 radical (unpaired) electrons. The first kappa shape index (κ1) is 25.3. The monoisotopic (exact) mass is 524 g/mol. The number of hydrogen-bond donors (Lipinski definition) is 2. The molecule has 0 aromatic heterocycles. The number of hydrogen-bond acceptors (Lipinski definition) is 4. The molecule has 0 spiro atoms. The van der Waals surface area contributed by atoms with Crippen LogP contribution in [-0.2, 0) is 11.2 Å². The van der Waals surface area contributed by atoms with E-state index in [1.54, 1.807) is 14.2 Å². The maximum Gasteiger partial charge on any atom is 0.191 e. The van der Waals surface area contributed by atoms with Gasteiger partial charge in [-0.25, -0.2) is 0 Å². The van der Waals surface area contributed by atoms with Crippen molar-refractivity contribution in [2.45, 2.75) is 31.7 Å². The van der Waals surface area contributed by atoms with Crippen LogP contribution < -0.4 is 15.4 Å². The zero-order valence-electron chi connectivity index (χ0n) is 17.2. The number of piperidine rings is 1. The molecule has 1 aromatic rings. The van der Waals surface area contributed by atoms with Gasteiger partial charge in [0.05, 0.1) is 7.11 Å². The molecule has 0 aliphatic carbocycles. The molecule has 0 amide bonds. The number of likely N-dealkylation sites (tertiary alicyclic amines) is 1. The summed E-state index contributed by atoms with van der Waals surface area (Å²) in [6.07, 6.45) is 4.21. The fourth-order valence-corrected chi connectivity index (χ4v) is 3.56. The van der Waals surface area contributed by atoms with E-state index in [2.05, 4.69) is 20.5 Å². The minimum Gasteiger partial charge on any atom is -0.497 e. The molecule has 0 atom stereocenters. The Morgan fingerprint density at radius 3 is 2.64 bits per heavy atom. The Balaban J connectivity index is 0.00000392. The van der Waals surface area contributed by atoms with Crippen LogP contribution in [0.25, 0.3) is 0 Å². The van der Waals surface area contributed by atoms with Crippen LogP contribution in [0.4, 0.5) is 0 Å². The molecule has 1 saturated heterocycles. The largest absolute Gasteiger partial charge is 0.497 e. The summed E-state index contributed by atoms with van der Waals surface area (Å²) in [6.45, 7) is 4.99. The zero-order valence-corrected chi connectivity index (χ0v) is 20.3. The van der Waals surface area contributed by atoms with Crippen molar-refractivity contribution in [3.8, 4) is 5.75 Å². The van der Waals surface area contributed by atoms with Gasteiger partial charge in [0.2, 0.25) is 0 Å². The molecule has 2 rings (SSSR count). The Labute approximate surface area is 191 Å². The summed E-state index contributed by atoms with van der Waals surface area (Å²) in [6, 6.07) is 6.27. The topological polar surface area (TPSA) is 58.1 Å². The molecule has 0 unspecified atom stereocenters. The van der Waals surface area contributed by atoms with E-state index < -0.39 is 0 Å². The van der Waals surface area contributed by atoms with Crippen molar-refractivity contribution in [3.63, 3.8) is 0 Å². The highest BCUT2D eigenvalue weighted by atomic mass is 127. The molecule has 1 aliphatic heterocycles. The summed E-state index contributed by atoms with van der Waals surface area (Å²) in [7, 11) is 5.22. The number of benzene rings is 1. The fraction of sp³-hybridized carbons (Fsp3) is 0.650. The van der Waals surface area contributed by atoms with Crippen molar-refractivity contribution in [2.75, 3.05) is 54.1 Å². The van der Waals surface area contributed by atoms with Crippen molar-refractivity contribution < 1.29 is 9.47 Å². The van der Waals surface area contributed by atoms with Gasteiger partial charge in [0.25, 0.3) is 0 Å². The Morgan fingerprint density at radius 1 is 1.29 bits per heavy atom. The standard InChI is InChI=1S/C20H33ClN4O2.HI/c1-22-20(23-10-7-16-5-6-18(27-3)15-19(16)21)24-17-8-12-25(13-9-17)11-4-14-26-2;/h5-6,15,17H,4,7-14H2,1-3H3,(H2,22,23,24);1H. The summed E-state index contributed by atoms with van der Waals surface area (Å²) in [5.74, 6) is 1.64. The van der Waals surface area contributed by atoms with Crippen LogP contribution in [0, 0.1) is 0 Å². The molecule has 1 heterocycles. The third-order valence-corrected chi connectivity index (χ3v) is 5.27. The van der Waals surface area contributed by atoms with E-state index in [1.165, 1.54) is 0 Å². The van der Waals surface area contributed by atoms with Crippen LogP contribution in [0.15, 0.2) is 23.2 Å². The van der Waals surface area contributed by atoms with E-state index >= 15 is 0 Å². The van der Waals surface area contributed by atoms with Crippen LogP contribution in [0.1, 0.15) is 24.8 Å². The predicted molar refractivity (Wildman–Crippen MR) is 128 cm³/mol.